The first-order valence-corrected chi connectivity index (χ1v) is 5.13. The highest BCUT2D eigenvalue weighted by Gasteiger charge is 2.08. The molecule has 17 heavy (non-hydrogen) atoms. The van der Waals surface area contributed by atoms with E-state index in [-0.39, 0.29) is 23.3 Å². The second-order valence-electron chi connectivity index (χ2n) is 3.90. The maximum Gasteiger partial charge on any atom is 0.271 e. The van der Waals surface area contributed by atoms with Gasteiger partial charge in [0.1, 0.15) is 0 Å². The van der Waals surface area contributed by atoms with Crippen molar-refractivity contribution >= 4 is 17.6 Å². The van der Waals surface area contributed by atoms with Gasteiger partial charge in [0.15, 0.2) is 11.5 Å². The SMILES string of the molecule is [2H]C([2H])([2H])NC(=O)c1ccc(NC(=O)CC(C)C)nn1. The summed E-state index contributed by atoms with van der Waals surface area (Å²) in [6.07, 6.45) is 0.350. The highest BCUT2D eigenvalue weighted by atomic mass is 16.2. The van der Waals surface area contributed by atoms with E-state index < -0.39 is 12.9 Å². The van der Waals surface area contributed by atoms with Crippen LogP contribution in [0.4, 0.5) is 5.82 Å². The van der Waals surface area contributed by atoms with Gasteiger partial charge in [-0.25, -0.2) is 0 Å². The van der Waals surface area contributed by atoms with Gasteiger partial charge in [-0.05, 0) is 18.1 Å². The monoisotopic (exact) mass is 239 g/mol. The second-order valence-corrected chi connectivity index (χ2v) is 3.90. The molecule has 0 radical (unpaired) electrons. The molecule has 6 nitrogen and oxygen atoms in total. The van der Waals surface area contributed by atoms with E-state index >= 15 is 0 Å². The van der Waals surface area contributed by atoms with Crippen LogP contribution in [0.1, 0.15) is 34.9 Å². The van der Waals surface area contributed by atoms with Gasteiger partial charge in [0.05, 0.1) is 0 Å². The molecule has 0 bridgehead atoms. The van der Waals surface area contributed by atoms with Gasteiger partial charge in [0.2, 0.25) is 5.91 Å². The summed E-state index contributed by atoms with van der Waals surface area (Å²) in [6, 6.07) is 2.68. The lowest BCUT2D eigenvalue weighted by atomic mass is 10.1. The first kappa shape index (κ1) is 9.09. The topological polar surface area (TPSA) is 84.0 Å². The maximum atomic E-state index is 11.5. The molecule has 1 rings (SSSR count). The molecule has 0 aromatic carbocycles. The van der Waals surface area contributed by atoms with Crippen molar-refractivity contribution in [2.24, 2.45) is 5.92 Å². The van der Waals surface area contributed by atoms with Crippen LogP contribution in [-0.4, -0.2) is 29.0 Å². The van der Waals surface area contributed by atoms with Crippen LogP contribution in [0.3, 0.4) is 0 Å². The Kier molecular flexibility index (Phi) is 3.17. The smallest absolute Gasteiger partial charge is 0.271 e. The molecule has 1 heterocycles. The Hall–Kier alpha value is -1.98. The summed E-state index contributed by atoms with van der Waals surface area (Å²) >= 11 is 0. The zero-order valence-electron chi connectivity index (χ0n) is 12.7. The molecule has 92 valence electrons. The first-order valence-electron chi connectivity index (χ1n) is 6.63. The van der Waals surface area contributed by atoms with E-state index in [1.807, 2.05) is 13.8 Å². The lowest BCUT2D eigenvalue weighted by Crippen LogP contribution is -2.20. The van der Waals surface area contributed by atoms with E-state index in [4.69, 9.17) is 4.11 Å². The Morgan fingerprint density at radius 2 is 2.18 bits per heavy atom. The van der Waals surface area contributed by atoms with E-state index in [2.05, 4.69) is 15.5 Å². The number of carbonyl (C=O) groups is 2. The lowest BCUT2D eigenvalue weighted by molar-refractivity contribution is -0.116. The van der Waals surface area contributed by atoms with E-state index in [1.165, 1.54) is 12.1 Å². The van der Waals surface area contributed by atoms with Crippen molar-refractivity contribution in [2.45, 2.75) is 20.3 Å². The Morgan fingerprint density at radius 3 is 2.71 bits per heavy atom. The largest absolute Gasteiger partial charge is 0.354 e. The van der Waals surface area contributed by atoms with Gasteiger partial charge in [-0.2, -0.15) is 0 Å². The second kappa shape index (κ2) is 5.93. The first-order chi connectivity index (χ1) is 9.17. The standard InChI is InChI=1S/C11H16N4O2/c1-7(2)6-10(16)13-9-5-4-8(14-15-9)11(17)12-3/h4-5,7H,6H2,1-3H3,(H,12,17)(H,13,15,16)/i3D3. The number of carbonyl (C=O) groups excluding carboxylic acids is 2. The summed E-state index contributed by atoms with van der Waals surface area (Å²) in [5.74, 6) is -0.625. The number of hydrogen-bond acceptors (Lipinski definition) is 4. The van der Waals surface area contributed by atoms with Gasteiger partial charge >= 0.3 is 0 Å². The summed E-state index contributed by atoms with van der Waals surface area (Å²) in [6.45, 7) is 1.24. The molecular weight excluding hydrogens is 220 g/mol. The lowest BCUT2D eigenvalue weighted by Gasteiger charge is -2.06. The Bertz CT molecular complexity index is 485. The molecule has 1 aromatic heterocycles. The normalized spacial score (nSPS) is 13.5. The van der Waals surface area contributed by atoms with E-state index in [9.17, 15) is 9.59 Å². The van der Waals surface area contributed by atoms with Gasteiger partial charge in [-0.15, -0.1) is 10.2 Å². The van der Waals surface area contributed by atoms with Gasteiger partial charge in [-0.3, -0.25) is 9.59 Å². The molecule has 0 unspecified atom stereocenters. The van der Waals surface area contributed by atoms with Crippen LogP contribution in [0.5, 0.6) is 0 Å². The van der Waals surface area contributed by atoms with E-state index in [1.54, 1.807) is 5.32 Å². The van der Waals surface area contributed by atoms with Crippen LogP contribution in [0.15, 0.2) is 12.1 Å². The molecule has 2 N–H and O–H groups in total. The molecule has 0 saturated carbocycles. The summed E-state index contributed by atoms with van der Waals surface area (Å²) in [4.78, 5) is 23.0. The quantitative estimate of drug-likeness (QED) is 0.814. The maximum absolute atomic E-state index is 11.5. The number of aromatic nitrogens is 2. The number of hydrogen-bond donors (Lipinski definition) is 2. The van der Waals surface area contributed by atoms with Gasteiger partial charge in [0, 0.05) is 17.5 Å². The predicted molar refractivity (Wildman–Crippen MR) is 63.5 cm³/mol. The third-order valence-electron chi connectivity index (χ3n) is 1.87. The highest BCUT2D eigenvalue weighted by molar-refractivity contribution is 5.93. The number of nitrogens with zero attached hydrogens (tertiary/aromatic N) is 2. The fourth-order valence-electron chi connectivity index (χ4n) is 1.15. The fraction of sp³-hybridized carbons (Fsp3) is 0.455. The molecule has 0 aliphatic carbocycles. The van der Waals surface area contributed by atoms with E-state index in [0.717, 1.165) is 0 Å². The molecular formula is C11H16N4O2. The third kappa shape index (κ3) is 4.18. The van der Waals surface area contributed by atoms with Crippen molar-refractivity contribution in [3.05, 3.63) is 17.8 Å². The molecule has 2 amide bonds. The van der Waals surface area contributed by atoms with E-state index in [0.29, 0.717) is 6.42 Å². The average molecular weight is 239 g/mol. The van der Waals surface area contributed by atoms with Crippen molar-refractivity contribution in [3.8, 4) is 0 Å². The Labute approximate surface area is 104 Å². The third-order valence-corrected chi connectivity index (χ3v) is 1.87. The highest BCUT2D eigenvalue weighted by Crippen LogP contribution is 2.05. The Morgan fingerprint density at radius 1 is 1.41 bits per heavy atom. The average Bonchev–Trinajstić information content (AvgIpc) is 2.26. The Balaban J connectivity index is 2.65. The number of nitrogens with one attached hydrogen (secondary N) is 2. The summed E-state index contributed by atoms with van der Waals surface area (Å²) in [7, 11) is 0. The molecule has 6 heteroatoms. The van der Waals surface area contributed by atoms with Crippen molar-refractivity contribution in [3.63, 3.8) is 0 Å². The summed E-state index contributed by atoms with van der Waals surface area (Å²) in [5, 5.41) is 11.5. The van der Waals surface area contributed by atoms with Crippen molar-refractivity contribution < 1.29 is 13.7 Å². The van der Waals surface area contributed by atoms with Crippen LogP contribution >= 0.6 is 0 Å². The van der Waals surface area contributed by atoms with Crippen molar-refractivity contribution in [1.29, 1.82) is 0 Å². The van der Waals surface area contributed by atoms with Gasteiger partial charge < -0.3 is 10.6 Å². The van der Waals surface area contributed by atoms with Crippen LogP contribution in [0.2, 0.25) is 0 Å². The molecule has 1 aromatic rings. The van der Waals surface area contributed by atoms with Crippen molar-refractivity contribution in [1.82, 2.24) is 15.5 Å². The zero-order chi connectivity index (χ0) is 15.3. The van der Waals surface area contributed by atoms with Gasteiger partial charge in [-0.1, -0.05) is 13.8 Å². The van der Waals surface area contributed by atoms with Crippen LogP contribution in [0.25, 0.3) is 0 Å². The molecule has 0 fully saturated rings. The molecule has 0 aliphatic rings. The summed E-state index contributed by atoms with van der Waals surface area (Å²) in [5.41, 5.74) is -0.136. The minimum absolute atomic E-state index is 0.136. The molecule has 0 saturated heterocycles. The minimum atomic E-state index is -2.58. The predicted octanol–water partition coefficient (Wildman–Crippen LogP) is 0.821. The molecule has 0 aliphatic heterocycles. The fourth-order valence-corrected chi connectivity index (χ4v) is 1.15. The zero-order valence-corrected chi connectivity index (χ0v) is 9.65. The molecule has 0 spiro atoms. The number of amides is 2. The van der Waals surface area contributed by atoms with Gasteiger partial charge in [0.25, 0.3) is 5.91 Å². The number of anilines is 1. The minimum Gasteiger partial charge on any atom is -0.354 e. The summed E-state index contributed by atoms with van der Waals surface area (Å²) < 4.78 is 20.7. The van der Waals surface area contributed by atoms with Crippen LogP contribution < -0.4 is 10.6 Å². The van der Waals surface area contributed by atoms with Crippen LogP contribution in [-0.2, 0) is 4.79 Å². The van der Waals surface area contributed by atoms with Crippen LogP contribution in [0, 0.1) is 5.92 Å². The molecule has 0 atom stereocenters. The van der Waals surface area contributed by atoms with Crippen molar-refractivity contribution in [2.75, 3.05) is 12.3 Å². The number of rotatable bonds is 4.